The van der Waals surface area contributed by atoms with Crippen molar-refractivity contribution in [3.05, 3.63) is 89.5 Å². The Balaban J connectivity index is 1.32. The third-order valence-corrected chi connectivity index (χ3v) is 6.66. The van der Waals surface area contributed by atoms with Crippen LogP contribution in [0.15, 0.2) is 67.1 Å². The van der Waals surface area contributed by atoms with Crippen molar-refractivity contribution >= 4 is 17.6 Å². The molecule has 7 nitrogen and oxygen atoms in total. The number of benzene rings is 2. The highest BCUT2D eigenvalue weighted by Gasteiger charge is 2.26. The van der Waals surface area contributed by atoms with E-state index < -0.39 is 0 Å². The highest BCUT2D eigenvalue weighted by atomic mass is 16.2. The summed E-state index contributed by atoms with van der Waals surface area (Å²) in [4.78, 5) is 44.5. The molecule has 1 aliphatic heterocycles. The summed E-state index contributed by atoms with van der Waals surface area (Å²) < 4.78 is 1.86. The summed E-state index contributed by atoms with van der Waals surface area (Å²) in [5.74, 6) is -0.0754. The lowest BCUT2D eigenvalue weighted by molar-refractivity contribution is 0.0888. The van der Waals surface area contributed by atoms with Gasteiger partial charge in [-0.1, -0.05) is 48.5 Å². The molecule has 3 aromatic rings. The molecule has 0 bridgehead atoms. The van der Waals surface area contributed by atoms with Crippen LogP contribution in [0.1, 0.15) is 72.0 Å². The summed E-state index contributed by atoms with van der Waals surface area (Å²) in [5.41, 5.74) is 2.96. The molecule has 0 saturated carbocycles. The van der Waals surface area contributed by atoms with Crippen LogP contribution in [0, 0.1) is 5.92 Å². The number of carbonyl (C=O) groups excluding carboxylic acids is 3. The maximum Gasteiger partial charge on any atom is 0.317 e. The highest BCUT2D eigenvalue weighted by Crippen LogP contribution is 2.21. The molecule has 0 radical (unpaired) electrons. The van der Waals surface area contributed by atoms with Gasteiger partial charge < -0.3 is 14.8 Å². The zero-order valence-electron chi connectivity index (χ0n) is 21.9. The molecule has 2 heterocycles. The van der Waals surface area contributed by atoms with Crippen LogP contribution in [0.3, 0.4) is 0 Å². The van der Waals surface area contributed by atoms with Crippen LogP contribution in [-0.4, -0.2) is 50.7 Å². The quantitative estimate of drug-likeness (QED) is 0.342. The molecule has 1 aliphatic rings. The first-order chi connectivity index (χ1) is 17.7. The van der Waals surface area contributed by atoms with Gasteiger partial charge >= 0.3 is 6.03 Å². The molecule has 0 spiro atoms. The first-order valence-corrected chi connectivity index (χ1v) is 12.9. The molecule has 37 heavy (non-hydrogen) atoms. The first-order valence-electron chi connectivity index (χ1n) is 12.9. The standard InChI is InChI=1S/C30H36N4O3/c1-30(2,3)32-29(37)33-14-12-23(13-15-33)20-34-21-31-19-26(34)28(36)18-27(35)25-11-7-10-24(17-25)16-22-8-5-4-6-9-22/h4-11,17,19,21,23H,12-16,18,20H2,1-3H3,(H,32,37). The number of carbonyl (C=O) groups is 3. The lowest BCUT2D eigenvalue weighted by atomic mass is 9.96. The van der Waals surface area contributed by atoms with E-state index in [4.69, 9.17) is 0 Å². The van der Waals surface area contributed by atoms with Crippen LogP contribution in [0.2, 0.25) is 0 Å². The zero-order valence-corrected chi connectivity index (χ0v) is 21.9. The SMILES string of the molecule is CC(C)(C)NC(=O)N1CCC(Cn2cncc2C(=O)CC(=O)c2cccc(Cc3ccccc3)c2)CC1. The summed E-state index contributed by atoms with van der Waals surface area (Å²) in [6.07, 6.45) is 5.47. The van der Waals surface area contributed by atoms with Crippen LogP contribution in [0.5, 0.6) is 0 Å². The summed E-state index contributed by atoms with van der Waals surface area (Å²) in [5, 5.41) is 3.02. The predicted octanol–water partition coefficient (Wildman–Crippen LogP) is 5.15. The van der Waals surface area contributed by atoms with E-state index in [-0.39, 0.29) is 29.6 Å². The van der Waals surface area contributed by atoms with E-state index in [1.165, 1.54) is 5.56 Å². The minimum atomic E-state index is -0.263. The Kier molecular flexibility index (Phi) is 8.21. The number of hydrogen-bond acceptors (Lipinski definition) is 4. The number of aromatic nitrogens is 2. The number of likely N-dealkylation sites (tertiary alicyclic amines) is 1. The number of urea groups is 1. The van der Waals surface area contributed by atoms with Gasteiger partial charge in [0.15, 0.2) is 11.6 Å². The van der Waals surface area contributed by atoms with Gasteiger partial charge in [-0.15, -0.1) is 0 Å². The maximum absolute atomic E-state index is 13.1. The van der Waals surface area contributed by atoms with Crippen molar-refractivity contribution in [3.63, 3.8) is 0 Å². The van der Waals surface area contributed by atoms with Gasteiger partial charge in [-0.05, 0) is 63.1 Å². The van der Waals surface area contributed by atoms with Crippen molar-refractivity contribution in [1.82, 2.24) is 19.8 Å². The molecule has 0 atom stereocenters. The monoisotopic (exact) mass is 500 g/mol. The average molecular weight is 501 g/mol. The van der Waals surface area contributed by atoms with Gasteiger partial charge in [-0.3, -0.25) is 9.59 Å². The predicted molar refractivity (Wildman–Crippen MR) is 144 cm³/mol. The summed E-state index contributed by atoms with van der Waals surface area (Å²) >= 11 is 0. The van der Waals surface area contributed by atoms with Gasteiger partial charge in [0.1, 0.15) is 5.69 Å². The Morgan fingerprint density at radius 3 is 2.35 bits per heavy atom. The third kappa shape index (κ3) is 7.38. The number of hydrogen-bond donors (Lipinski definition) is 1. The number of piperidine rings is 1. The lowest BCUT2D eigenvalue weighted by Gasteiger charge is -2.34. The smallest absolute Gasteiger partial charge is 0.317 e. The fraction of sp³-hybridized carbons (Fsp3) is 0.400. The molecule has 194 valence electrons. The van der Waals surface area contributed by atoms with Gasteiger partial charge in [-0.2, -0.15) is 0 Å². The minimum Gasteiger partial charge on any atom is -0.333 e. The average Bonchev–Trinajstić information content (AvgIpc) is 3.32. The number of amides is 2. The molecular weight excluding hydrogens is 464 g/mol. The molecule has 7 heteroatoms. The van der Waals surface area contributed by atoms with Gasteiger partial charge in [0.2, 0.25) is 0 Å². The van der Waals surface area contributed by atoms with Crippen molar-refractivity contribution in [2.24, 2.45) is 5.92 Å². The summed E-state index contributed by atoms with van der Waals surface area (Å²) in [6.45, 7) is 7.94. The van der Waals surface area contributed by atoms with E-state index in [0.29, 0.717) is 36.8 Å². The molecule has 1 aromatic heterocycles. The van der Waals surface area contributed by atoms with Crippen LogP contribution in [-0.2, 0) is 13.0 Å². The van der Waals surface area contributed by atoms with Crippen LogP contribution in [0.4, 0.5) is 4.79 Å². The molecule has 2 aromatic carbocycles. The fourth-order valence-electron chi connectivity index (χ4n) is 4.72. The second-order valence-electron chi connectivity index (χ2n) is 10.9. The molecule has 1 N–H and O–H groups in total. The van der Waals surface area contributed by atoms with Crippen LogP contribution >= 0.6 is 0 Å². The van der Waals surface area contributed by atoms with E-state index in [0.717, 1.165) is 24.8 Å². The van der Waals surface area contributed by atoms with E-state index in [2.05, 4.69) is 22.4 Å². The van der Waals surface area contributed by atoms with E-state index in [1.54, 1.807) is 18.6 Å². The van der Waals surface area contributed by atoms with Crippen molar-refractivity contribution in [1.29, 1.82) is 0 Å². The molecule has 1 fully saturated rings. The molecule has 4 rings (SSSR count). The molecule has 0 aliphatic carbocycles. The van der Waals surface area contributed by atoms with Crippen molar-refractivity contribution in [2.45, 2.75) is 58.5 Å². The molecule has 0 unspecified atom stereocenters. The van der Waals surface area contributed by atoms with Crippen molar-refractivity contribution in [3.8, 4) is 0 Å². The molecular formula is C30H36N4O3. The third-order valence-electron chi connectivity index (χ3n) is 6.66. The largest absolute Gasteiger partial charge is 0.333 e. The second kappa shape index (κ2) is 11.5. The van der Waals surface area contributed by atoms with Crippen molar-refractivity contribution in [2.75, 3.05) is 13.1 Å². The Hall–Kier alpha value is -3.74. The van der Waals surface area contributed by atoms with Crippen LogP contribution in [0.25, 0.3) is 0 Å². The normalized spacial score (nSPS) is 14.4. The second-order valence-corrected chi connectivity index (χ2v) is 10.9. The number of rotatable bonds is 8. The fourth-order valence-corrected chi connectivity index (χ4v) is 4.72. The lowest BCUT2D eigenvalue weighted by Crippen LogP contribution is -2.50. The maximum atomic E-state index is 13.1. The summed E-state index contributed by atoms with van der Waals surface area (Å²) in [7, 11) is 0. The van der Waals surface area contributed by atoms with Crippen LogP contribution < -0.4 is 5.32 Å². The summed E-state index contributed by atoms with van der Waals surface area (Å²) in [6, 6.07) is 17.6. The number of ketones is 2. The number of Topliss-reactive ketones (excluding diaryl/α,β-unsaturated/α-hetero) is 2. The van der Waals surface area contributed by atoms with Gasteiger partial charge in [0.25, 0.3) is 0 Å². The molecule has 2 amide bonds. The number of nitrogens with one attached hydrogen (secondary N) is 1. The van der Waals surface area contributed by atoms with E-state index >= 15 is 0 Å². The topological polar surface area (TPSA) is 84.3 Å². The van der Waals surface area contributed by atoms with Gasteiger partial charge in [-0.25, -0.2) is 9.78 Å². The first kappa shape index (κ1) is 26.3. The number of nitrogens with zero attached hydrogens (tertiary/aromatic N) is 3. The highest BCUT2D eigenvalue weighted by molar-refractivity contribution is 6.12. The van der Waals surface area contributed by atoms with Crippen molar-refractivity contribution < 1.29 is 14.4 Å². The number of imidazole rings is 1. The van der Waals surface area contributed by atoms with Gasteiger partial charge in [0.05, 0.1) is 18.9 Å². The zero-order chi connectivity index (χ0) is 26.4. The van der Waals surface area contributed by atoms with Gasteiger partial charge in [0, 0.05) is 30.7 Å². The Morgan fingerprint density at radius 1 is 0.946 bits per heavy atom. The Labute approximate surface area is 218 Å². The Bertz CT molecular complexity index is 1230. The molecule has 1 saturated heterocycles. The van der Waals surface area contributed by atoms with E-state index in [9.17, 15) is 14.4 Å². The Morgan fingerprint density at radius 2 is 1.65 bits per heavy atom. The minimum absolute atomic E-state index is 0.0317. The van der Waals surface area contributed by atoms with E-state index in [1.807, 2.05) is 66.6 Å².